The highest BCUT2D eigenvalue weighted by molar-refractivity contribution is 7.10. The number of nitrogens with zero attached hydrogens (tertiary/aromatic N) is 7. The molecule has 0 aliphatic carbocycles. The summed E-state index contributed by atoms with van der Waals surface area (Å²) in [6.07, 6.45) is 6.63. The molecule has 2 N–H and O–H groups in total. The topological polar surface area (TPSA) is 105 Å². The van der Waals surface area contributed by atoms with Gasteiger partial charge in [0, 0.05) is 44.1 Å². The maximum atomic E-state index is 12.1. The van der Waals surface area contributed by atoms with E-state index in [-0.39, 0.29) is 6.54 Å². The monoisotopic (exact) mass is 639 g/mol. The molecule has 0 bridgehead atoms. The summed E-state index contributed by atoms with van der Waals surface area (Å²) in [6, 6.07) is 6.78. The lowest BCUT2D eigenvalue weighted by atomic mass is 10.0. The summed E-state index contributed by atoms with van der Waals surface area (Å²) in [7, 11) is 0. The average molecular weight is 640 g/mol. The predicted octanol–water partition coefficient (Wildman–Crippen LogP) is 6.30. The van der Waals surface area contributed by atoms with Gasteiger partial charge >= 0.3 is 6.18 Å². The molecule has 5 heterocycles. The van der Waals surface area contributed by atoms with Gasteiger partial charge in [-0.2, -0.15) is 22.6 Å². The highest BCUT2D eigenvalue weighted by atomic mass is 32.1. The molecule has 1 aromatic carbocycles. The summed E-state index contributed by atoms with van der Waals surface area (Å²) in [5.41, 5.74) is 4.82. The molecule has 1 atom stereocenters. The SMILES string of the molecule is CCn1cc(-c2cnc3c(Nc4cc(CN5CCCC(C)C5)ns4)nc(C)cn23)cn1.O=CNCc1ccc(C(F)(F)F)cc1. The van der Waals surface area contributed by atoms with Crippen molar-refractivity contribution in [1.82, 2.24) is 38.7 Å². The Bertz CT molecular complexity index is 1710. The largest absolute Gasteiger partial charge is 0.416 e. The van der Waals surface area contributed by atoms with Crippen LogP contribution in [-0.2, 0) is 30.6 Å². The van der Waals surface area contributed by atoms with Gasteiger partial charge in [0.05, 0.1) is 35.0 Å². The minimum absolute atomic E-state index is 0.238. The van der Waals surface area contributed by atoms with Crippen molar-refractivity contribution >= 4 is 34.4 Å². The van der Waals surface area contributed by atoms with E-state index in [1.54, 1.807) is 0 Å². The molecule has 1 amide bonds. The van der Waals surface area contributed by atoms with Crippen molar-refractivity contribution in [3.8, 4) is 11.3 Å². The van der Waals surface area contributed by atoms with Gasteiger partial charge in [-0.15, -0.1) is 0 Å². The molecule has 4 aromatic heterocycles. The molecule has 0 saturated carbocycles. The molecule has 1 unspecified atom stereocenters. The van der Waals surface area contributed by atoms with Crippen LogP contribution in [0.2, 0.25) is 0 Å². The molecule has 14 heteroatoms. The Morgan fingerprint density at radius 2 is 1.96 bits per heavy atom. The van der Waals surface area contributed by atoms with Crippen molar-refractivity contribution < 1.29 is 18.0 Å². The first kappa shape index (κ1) is 32.1. The minimum Gasteiger partial charge on any atom is -0.355 e. The van der Waals surface area contributed by atoms with Crippen LogP contribution in [0.3, 0.4) is 0 Å². The van der Waals surface area contributed by atoms with Gasteiger partial charge in [-0.05, 0) is 74.4 Å². The lowest BCUT2D eigenvalue weighted by Crippen LogP contribution is -2.33. The number of carbonyl (C=O) groups excluding carboxylic acids is 1. The maximum Gasteiger partial charge on any atom is 0.416 e. The third-order valence-electron chi connectivity index (χ3n) is 7.46. The second-order valence-electron chi connectivity index (χ2n) is 11.1. The number of anilines is 2. The Hall–Kier alpha value is -4.30. The summed E-state index contributed by atoms with van der Waals surface area (Å²) >= 11 is 1.48. The number of carbonyl (C=O) groups is 1. The molecular formula is C31H36F3N9OS. The number of nitrogens with one attached hydrogen (secondary N) is 2. The first-order valence-corrected chi connectivity index (χ1v) is 15.6. The van der Waals surface area contributed by atoms with Gasteiger partial charge in [-0.25, -0.2) is 9.97 Å². The van der Waals surface area contributed by atoms with Crippen molar-refractivity contribution in [3.63, 3.8) is 0 Å². The van der Waals surface area contributed by atoms with E-state index in [0.717, 1.165) is 83.3 Å². The number of fused-ring (bicyclic) bond motifs is 1. The molecule has 0 radical (unpaired) electrons. The van der Waals surface area contributed by atoms with Crippen LogP contribution in [0.5, 0.6) is 0 Å². The zero-order valence-corrected chi connectivity index (χ0v) is 26.2. The molecule has 10 nitrogen and oxygen atoms in total. The number of rotatable bonds is 9. The molecule has 1 fully saturated rings. The molecule has 1 aliphatic rings. The van der Waals surface area contributed by atoms with E-state index in [1.807, 2.05) is 36.4 Å². The number of piperidine rings is 1. The summed E-state index contributed by atoms with van der Waals surface area (Å²) in [6.45, 7) is 10.7. The van der Waals surface area contributed by atoms with Crippen molar-refractivity contribution in [2.75, 3.05) is 18.4 Å². The number of alkyl halides is 3. The quantitative estimate of drug-likeness (QED) is 0.182. The van der Waals surface area contributed by atoms with E-state index in [2.05, 4.69) is 54.3 Å². The van der Waals surface area contributed by atoms with Crippen molar-refractivity contribution in [3.05, 3.63) is 77.6 Å². The maximum absolute atomic E-state index is 12.1. The minimum atomic E-state index is -4.31. The molecule has 0 spiro atoms. The van der Waals surface area contributed by atoms with E-state index >= 15 is 0 Å². The van der Waals surface area contributed by atoms with Crippen molar-refractivity contribution in [1.29, 1.82) is 0 Å². The number of hydrogen-bond acceptors (Lipinski definition) is 8. The van der Waals surface area contributed by atoms with Crippen LogP contribution in [0.4, 0.5) is 24.0 Å². The Balaban J connectivity index is 0.000000241. The van der Waals surface area contributed by atoms with Crippen LogP contribution in [0.1, 0.15) is 49.2 Å². The van der Waals surface area contributed by atoms with Crippen molar-refractivity contribution in [2.24, 2.45) is 5.92 Å². The van der Waals surface area contributed by atoms with Crippen molar-refractivity contribution in [2.45, 2.75) is 59.4 Å². The second kappa shape index (κ2) is 14.2. The fourth-order valence-electron chi connectivity index (χ4n) is 5.27. The van der Waals surface area contributed by atoms with Gasteiger partial charge in [0.2, 0.25) is 6.41 Å². The van der Waals surface area contributed by atoms with E-state index in [9.17, 15) is 18.0 Å². The first-order chi connectivity index (χ1) is 21.6. The summed E-state index contributed by atoms with van der Waals surface area (Å²) in [4.78, 5) is 21.8. The lowest BCUT2D eigenvalue weighted by Gasteiger charge is -2.30. The molecule has 5 aromatic rings. The number of likely N-dealkylation sites (tertiary alicyclic amines) is 1. The third kappa shape index (κ3) is 8.25. The van der Waals surface area contributed by atoms with Gasteiger partial charge in [0.1, 0.15) is 5.00 Å². The summed E-state index contributed by atoms with van der Waals surface area (Å²) in [5.74, 6) is 1.52. The summed E-state index contributed by atoms with van der Waals surface area (Å²) < 4.78 is 45.0. The molecule has 6 rings (SSSR count). The molecule has 1 saturated heterocycles. The van der Waals surface area contributed by atoms with Gasteiger partial charge in [-0.1, -0.05) is 19.1 Å². The predicted molar refractivity (Wildman–Crippen MR) is 168 cm³/mol. The Kier molecular flexibility index (Phi) is 10.1. The average Bonchev–Trinajstić information content (AvgIpc) is 3.76. The number of benzene rings is 1. The van der Waals surface area contributed by atoms with Gasteiger partial charge < -0.3 is 10.6 Å². The van der Waals surface area contributed by atoms with E-state index in [1.165, 1.54) is 36.5 Å². The van der Waals surface area contributed by atoms with Crippen LogP contribution >= 0.6 is 11.5 Å². The normalized spacial score (nSPS) is 15.5. The van der Waals surface area contributed by atoms with Crippen LogP contribution in [0.15, 0.2) is 55.1 Å². The number of halogens is 3. The fraction of sp³-hybridized carbons (Fsp3) is 0.387. The van der Waals surface area contributed by atoms with Gasteiger partial charge in [0.15, 0.2) is 11.5 Å². The summed E-state index contributed by atoms with van der Waals surface area (Å²) in [5, 5.41) is 11.2. The van der Waals surface area contributed by atoms with E-state index in [0.29, 0.717) is 12.0 Å². The molecule has 238 valence electrons. The highest BCUT2D eigenvalue weighted by Crippen LogP contribution is 2.30. The van der Waals surface area contributed by atoms with E-state index < -0.39 is 11.7 Å². The smallest absolute Gasteiger partial charge is 0.355 e. The fourth-order valence-corrected chi connectivity index (χ4v) is 5.92. The third-order valence-corrected chi connectivity index (χ3v) is 8.21. The van der Waals surface area contributed by atoms with Crippen LogP contribution in [0.25, 0.3) is 16.9 Å². The number of imidazole rings is 1. The molecule has 1 aliphatic heterocycles. The van der Waals surface area contributed by atoms with Gasteiger partial charge in [-0.3, -0.25) is 18.8 Å². The van der Waals surface area contributed by atoms with Crippen LogP contribution in [-0.4, -0.2) is 52.9 Å². The standard InChI is InChI=1S/C22H28N8S.C9H8F3NO/c1-4-29-13-17(9-24-29)19-10-23-22-21(25-16(3)12-30(19)22)26-20-8-18(27-31-20)14-28-7-5-6-15(2)11-28;10-9(11,12)8-3-1-7(2-4-8)5-13-6-14/h8-10,12-13,15H,4-7,11,14H2,1-3H3,(H,25,26);1-4,6H,5H2,(H,13,14). The number of aryl methyl sites for hydroxylation is 2. The van der Waals surface area contributed by atoms with Crippen LogP contribution < -0.4 is 10.6 Å². The Morgan fingerprint density at radius 3 is 2.64 bits per heavy atom. The zero-order valence-electron chi connectivity index (χ0n) is 25.4. The van der Waals surface area contributed by atoms with Gasteiger partial charge in [0.25, 0.3) is 0 Å². The molecular weight excluding hydrogens is 603 g/mol. The second-order valence-corrected chi connectivity index (χ2v) is 11.9. The molecule has 45 heavy (non-hydrogen) atoms. The number of hydrogen-bond donors (Lipinski definition) is 2. The number of amides is 1. The zero-order chi connectivity index (χ0) is 32.0. The van der Waals surface area contributed by atoms with Crippen LogP contribution in [0, 0.1) is 12.8 Å². The highest BCUT2D eigenvalue weighted by Gasteiger charge is 2.29. The van der Waals surface area contributed by atoms with E-state index in [4.69, 9.17) is 4.98 Å². The first-order valence-electron chi connectivity index (χ1n) is 14.8. The Labute approximate surface area is 263 Å². The number of aromatic nitrogens is 6. The Morgan fingerprint density at radius 1 is 1.16 bits per heavy atom. The lowest BCUT2D eigenvalue weighted by molar-refractivity contribution is -0.137.